The summed E-state index contributed by atoms with van der Waals surface area (Å²) >= 11 is 0. The van der Waals surface area contributed by atoms with E-state index in [0.717, 1.165) is 14.0 Å². The van der Waals surface area contributed by atoms with Crippen LogP contribution in [0.4, 0.5) is 0 Å². The van der Waals surface area contributed by atoms with Crippen molar-refractivity contribution in [2.24, 2.45) is 17.4 Å². The van der Waals surface area contributed by atoms with Gasteiger partial charge in [-0.2, -0.15) is 0 Å². The van der Waals surface area contributed by atoms with Crippen LogP contribution in [0, 0.1) is 5.92 Å². The van der Waals surface area contributed by atoms with E-state index in [1.807, 2.05) is 13.8 Å². The molecule has 0 heterocycles. The van der Waals surface area contributed by atoms with Crippen molar-refractivity contribution in [1.29, 1.82) is 0 Å². The highest BCUT2D eigenvalue weighted by atomic mass is 16.4. The summed E-state index contributed by atoms with van der Waals surface area (Å²) in [5.41, 5.74) is 10.1. The molecule has 9 heteroatoms. The van der Waals surface area contributed by atoms with Crippen LogP contribution in [-0.2, 0) is 14.4 Å². The quantitative estimate of drug-likeness (QED) is 0.400. The molecule has 0 amide bonds. The monoisotopic (exact) mass is 312 g/mol. The van der Waals surface area contributed by atoms with Crippen LogP contribution >= 0.6 is 0 Å². The van der Waals surface area contributed by atoms with Crippen molar-refractivity contribution < 1.29 is 34.8 Å². The van der Waals surface area contributed by atoms with Crippen LogP contribution in [0.1, 0.15) is 34.1 Å². The number of hydrogen-bond acceptors (Lipinski definition) is 6. The van der Waals surface area contributed by atoms with Gasteiger partial charge in [0.2, 0.25) is 0 Å². The van der Waals surface area contributed by atoms with Crippen LogP contribution in [0.3, 0.4) is 0 Å². The molecule has 0 aromatic carbocycles. The molecule has 8 N–H and O–H groups in total. The predicted molar refractivity (Wildman–Crippen MR) is 77.8 cm³/mol. The van der Waals surface area contributed by atoms with Crippen LogP contribution < -0.4 is 11.5 Å². The highest BCUT2D eigenvalue weighted by Gasteiger charge is 2.11. The zero-order valence-corrected chi connectivity index (χ0v) is 13.1. The minimum absolute atomic E-state index is 0.357. The van der Waals surface area contributed by atoms with Crippen LogP contribution in [-0.4, -0.2) is 57.5 Å². The van der Waals surface area contributed by atoms with Gasteiger partial charge in [-0.05, 0) is 19.3 Å². The fourth-order valence-electron chi connectivity index (χ4n) is 0.609. The van der Waals surface area contributed by atoms with Crippen molar-refractivity contribution in [2.75, 3.05) is 7.11 Å². The Hall–Kier alpha value is -1.71. The maximum Gasteiger partial charge on any atom is 0.320 e. The SMILES string of the molecule is CC(=O)O.CC(C)C[C@H](N)C(=O)O.CO.C[C@H](N)C(=O)O. The lowest BCUT2D eigenvalue weighted by Crippen LogP contribution is -2.31. The summed E-state index contributed by atoms with van der Waals surface area (Å²) in [5, 5.41) is 30.6. The third-order valence-electron chi connectivity index (χ3n) is 1.43. The molecule has 0 bridgehead atoms. The summed E-state index contributed by atoms with van der Waals surface area (Å²) in [7, 11) is 1.00. The number of aliphatic hydroxyl groups excluding tert-OH is 1. The highest BCUT2D eigenvalue weighted by Crippen LogP contribution is 2.01. The molecule has 0 fully saturated rings. The predicted octanol–water partition coefficient (Wildman–Crippen LogP) is -0.438. The summed E-state index contributed by atoms with van der Waals surface area (Å²) in [6, 6.07) is -1.42. The molecule has 0 aromatic rings. The number of aliphatic carboxylic acids is 3. The lowest BCUT2D eigenvalue weighted by Gasteiger charge is -2.07. The fourth-order valence-corrected chi connectivity index (χ4v) is 0.609. The van der Waals surface area contributed by atoms with Gasteiger partial charge in [0, 0.05) is 14.0 Å². The first kappa shape index (κ1) is 27.6. The van der Waals surface area contributed by atoms with Gasteiger partial charge in [0.05, 0.1) is 0 Å². The second kappa shape index (κ2) is 18.3. The van der Waals surface area contributed by atoms with Crippen molar-refractivity contribution in [3.05, 3.63) is 0 Å². The van der Waals surface area contributed by atoms with Gasteiger partial charge in [0.25, 0.3) is 5.97 Å². The number of hydrogen-bond donors (Lipinski definition) is 6. The Labute approximate surface area is 124 Å². The zero-order valence-electron chi connectivity index (χ0n) is 13.1. The largest absolute Gasteiger partial charge is 0.481 e. The Morgan fingerprint density at radius 2 is 1.14 bits per heavy atom. The number of carboxylic acids is 3. The molecule has 0 spiro atoms. The summed E-state index contributed by atoms with van der Waals surface area (Å²) in [5.74, 6) is -2.35. The molecule has 0 aliphatic rings. The Kier molecular flexibility index (Phi) is 24.0. The molecule has 0 aliphatic carbocycles. The van der Waals surface area contributed by atoms with E-state index in [2.05, 4.69) is 0 Å². The molecule has 0 aromatic heterocycles. The number of nitrogens with two attached hydrogens (primary N) is 2. The van der Waals surface area contributed by atoms with Crippen LogP contribution in [0.2, 0.25) is 0 Å². The molecule has 128 valence electrons. The second-order valence-electron chi connectivity index (χ2n) is 4.22. The molecule has 0 saturated carbocycles. The van der Waals surface area contributed by atoms with Crippen molar-refractivity contribution in [3.63, 3.8) is 0 Å². The highest BCUT2D eigenvalue weighted by molar-refractivity contribution is 5.73. The summed E-state index contributed by atoms with van der Waals surface area (Å²) < 4.78 is 0. The van der Waals surface area contributed by atoms with Gasteiger partial charge in [-0.3, -0.25) is 14.4 Å². The molecule has 0 aliphatic heterocycles. The van der Waals surface area contributed by atoms with Gasteiger partial charge < -0.3 is 31.9 Å². The maximum absolute atomic E-state index is 10.1. The second-order valence-corrected chi connectivity index (χ2v) is 4.22. The average Bonchev–Trinajstić information content (AvgIpc) is 2.30. The molecule has 0 radical (unpaired) electrons. The van der Waals surface area contributed by atoms with E-state index in [0.29, 0.717) is 12.3 Å². The number of aliphatic hydroxyl groups is 1. The van der Waals surface area contributed by atoms with Gasteiger partial charge in [0.15, 0.2) is 0 Å². The Balaban J connectivity index is -0.000000104. The standard InChI is InChI=1S/C6H13NO2.C3H7NO2.C2H4O2.CH4O/c1-4(2)3-5(7)6(8)9;1-2(4)3(5)6;1-2(3)4;1-2/h4-5H,3,7H2,1-2H3,(H,8,9);2H,4H2,1H3,(H,5,6);1H3,(H,3,4);2H,1H3/t5-;2-;;/m00../s1. The average molecular weight is 312 g/mol. The molecule has 21 heavy (non-hydrogen) atoms. The molecule has 0 rings (SSSR count). The first-order chi connectivity index (χ1) is 9.41. The lowest BCUT2D eigenvalue weighted by molar-refractivity contribution is -0.139. The molecular formula is C12H28N2O7. The van der Waals surface area contributed by atoms with Gasteiger partial charge in [-0.1, -0.05) is 13.8 Å². The lowest BCUT2D eigenvalue weighted by atomic mass is 10.1. The van der Waals surface area contributed by atoms with E-state index in [1.165, 1.54) is 6.92 Å². The van der Waals surface area contributed by atoms with Crippen molar-refractivity contribution >= 4 is 17.9 Å². The van der Waals surface area contributed by atoms with Crippen LogP contribution in [0.25, 0.3) is 0 Å². The topological polar surface area (TPSA) is 184 Å². The number of carboxylic acid groups (broad SMARTS) is 3. The van der Waals surface area contributed by atoms with E-state index in [-0.39, 0.29) is 0 Å². The Morgan fingerprint density at radius 3 is 1.19 bits per heavy atom. The molecule has 2 atom stereocenters. The minimum Gasteiger partial charge on any atom is -0.481 e. The van der Waals surface area contributed by atoms with Crippen LogP contribution in [0.15, 0.2) is 0 Å². The summed E-state index contributed by atoms with van der Waals surface area (Å²) in [4.78, 5) is 28.7. The maximum atomic E-state index is 10.1. The van der Waals surface area contributed by atoms with Gasteiger partial charge in [-0.15, -0.1) is 0 Å². The van der Waals surface area contributed by atoms with Crippen LogP contribution in [0.5, 0.6) is 0 Å². The number of rotatable bonds is 4. The Morgan fingerprint density at radius 1 is 0.905 bits per heavy atom. The third kappa shape index (κ3) is 45.8. The smallest absolute Gasteiger partial charge is 0.320 e. The third-order valence-corrected chi connectivity index (χ3v) is 1.43. The van der Waals surface area contributed by atoms with Crippen molar-refractivity contribution in [1.82, 2.24) is 0 Å². The normalized spacial score (nSPS) is 11.3. The van der Waals surface area contributed by atoms with Gasteiger partial charge in [0.1, 0.15) is 12.1 Å². The van der Waals surface area contributed by atoms with E-state index in [1.54, 1.807) is 0 Å². The summed E-state index contributed by atoms with van der Waals surface area (Å²) in [6.07, 6.45) is 0.551. The molecule has 0 unspecified atom stereocenters. The molecular weight excluding hydrogens is 284 g/mol. The van der Waals surface area contributed by atoms with Crippen molar-refractivity contribution in [3.8, 4) is 0 Å². The van der Waals surface area contributed by atoms with Crippen molar-refractivity contribution in [2.45, 2.75) is 46.2 Å². The minimum atomic E-state index is -0.963. The molecule has 0 saturated heterocycles. The van der Waals surface area contributed by atoms with Gasteiger partial charge >= 0.3 is 11.9 Å². The molecule has 9 nitrogen and oxygen atoms in total. The van der Waals surface area contributed by atoms with E-state index in [4.69, 9.17) is 36.7 Å². The zero-order chi connectivity index (χ0) is 18.2. The summed E-state index contributed by atoms with van der Waals surface area (Å²) in [6.45, 7) is 6.40. The fraction of sp³-hybridized carbons (Fsp3) is 0.750. The Bertz CT molecular complexity index is 277. The first-order valence-corrected chi connectivity index (χ1v) is 6.02. The number of carbonyl (C=O) groups is 3. The van der Waals surface area contributed by atoms with Gasteiger partial charge in [-0.25, -0.2) is 0 Å². The van der Waals surface area contributed by atoms with E-state index >= 15 is 0 Å². The van der Waals surface area contributed by atoms with E-state index < -0.39 is 30.0 Å². The van der Waals surface area contributed by atoms with E-state index in [9.17, 15) is 9.59 Å². The first-order valence-electron chi connectivity index (χ1n) is 6.02.